The number of likely N-dealkylation sites (N-methyl/N-ethyl adjacent to an activating group) is 1. The number of anilines is 1. The molecule has 2 amide bonds. The second-order valence-electron chi connectivity index (χ2n) is 4.31. The average molecular weight is 279 g/mol. The van der Waals surface area contributed by atoms with Gasteiger partial charge in [0.15, 0.2) is 0 Å². The van der Waals surface area contributed by atoms with Crippen LogP contribution < -0.4 is 11.1 Å². The molecule has 0 heterocycles. The van der Waals surface area contributed by atoms with Crippen LogP contribution in [0.5, 0.6) is 0 Å². The van der Waals surface area contributed by atoms with Crippen molar-refractivity contribution in [3.8, 4) is 0 Å². The highest BCUT2D eigenvalue weighted by Crippen LogP contribution is 2.05. The Morgan fingerprint density at radius 1 is 1.30 bits per heavy atom. The second kappa shape index (κ2) is 7.25. The van der Waals surface area contributed by atoms with Gasteiger partial charge in [0.1, 0.15) is 0 Å². The fourth-order valence-corrected chi connectivity index (χ4v) is 1.57. The molecule has 0 aliphatic rings. The number of aliphatic carboxylic acids is 1. The highest BCUT2D eigenvalue weighted by molar-refractivity contribution is 5.95. The Kier molecular flexibility index (Phi) is 5.67. The van der Waals surface area contributed by atoms with Crippen molar-refractivity contribution in [2.75, 3.05) is 18.9 Å². The van der Waals surface area contributed by atoms with E-state index in [2.05, 4.69) is 5.32 Å². The summed E-state index contributed by atoms with van der Waals surface area (Å²) in [6, 6.07) is 7.64. The predicted molar refractivity (Wildman–Crippen MR) is 72.9 cm³/mol. The van der Waals surface area contributed by atoms with Crippen LogP contribution in [-0.4, -0.2) is 47.4 Å². The minimum atomic E-state index is -1.16. The van der Waals surface area contributed by atoms with Gasteiger partial charge in [0, 0.05) is 12.7 Å². The van der Waals surface area contributed by atoms with Crippen molar-refractivity contribution in [3.63, 3.8) is 0 Å². The first-order valence-corrected chi connectivity index (χ1v) is 5.97. The topological polar surface area (TPSA) is 113 Å². The van der Waals surface area contributed by atoms with Crippen LogP contribution in [0.2, 0.25) is 0 Å². The highest BCUT2D eigenvalue weighted by Gasteiger charge is 2.22. The van der Waals surface area contributed by atoms with Crippen LogP contribution in [0.3, 0.4) is 0 Å². The van der Waals surface area contributed by atoms with Gasteiger partial charge >= 0.3 is 5.97 Å². The molecule has 0 aliphatic carbocycles. The largest absolute Gasteiger partial charge is 0.481 e. The summed E-state index contributed by atoms with van der Waals surface area (Å²) < 4.78 is 0. The highest BCUT2D eigenvalue weighted by atomic mass is 16.4. The van der Waals surface area contributed by atoms with Crippen LogP contribution in [-0.2, 0) is 14.4 Å². The number of carbonyl (C=O) groups is 3. The van der Waals surface area contributed by atoms with Crippen LogP contribution in [0.4, 0.5) is 5.69 Å². The maximum atomic E-state index is 11.7. The van der Waals surface area contributed by atoms with E-state index < -0.39 is 24.3 Å². The Morgan fingerprint density at radius 3 is 2.45 bits per heavy atom. The van der Waals surface area contributed by atoms with Gasteiger partial charge in [-0.05, 0) is 12.1 Å². The smallest absolute Gasteiger partial charge is 0.305 e. The lowest BCUT2D eigenvalue weighted by Gasteiger charge is -2.20. The van der Waals surface area contributed by atoms with Crippen LogP contribution in [0.15, 0.2) is 30.3 Å². The Bertz CT molecular complexity index is 490. The molecule has 7 nitrogen and oxygen atoms in total. The maximum absolute atomic E-state index is 11.7. The number of carbonyl (C=O) groups excluding carboxylic acids is 2. The fourth-order valence-electron chi connectivity index (χ4n) is 1.57. The average Bonchev–Trinajstić information content (AvgIpc) is 2.37. The molecule has 1 unspecified atom stereocenters. The van der Waals surface area contributed by atoms with E-state index in [1.54, 1.807) is 24.3 Å². The lowest BCUT2D eigenvalue weighted by atomic mass is 10.2. The Hall–Kier alpha value is -2.41. The monoisotopic (exact) mass is 279 g/mol. The SMILES string of the molecule is CN(CC(=O)Nc1ccccc1)C(=O)C(N)CC(=O)O. The van der Waals surface area contributed by atoms with Crippen molar-refractivity contribution < 1.29 is 19.5 Å². The van der Waals surface area contributed by atoms with Crippen molar-refractivity contribution >= 4 is 23.5 Å². The van der Waals surface area contributed by atoms with Crippen LogP contribution in [0.1, 0.15) is 6.42 Å². The molecular formula is C13H17N3O4. The van der Waals surface area contributed by atoms with Crippen molar-refractivity contribution in [2.45, 2.75) is 12.5 Å². The summed E-state index contributed by atoms with van der Waals surface area (Å²) in [7, 11) is 1.40. The molecule has 4 N–H and O–H groups in total. The quantitative estimate of drug-likeness (QED) is 0.672. The number of rotatable bonds is 6. The standard InChI is InChI=1S/C13H17N3O4/c1-16(13(20)10(14)7-12(18)19)8-11(17)15-9-5-3-2-4-6-9/h2-6,10H,7-8,14H2,1H3,(H,15,17)(H,18,19). The van der Waals surface area contributed by atoms with Gasteiger partial charge < -0.3 is 21.1 Å². The van der Waals surface area contributed by atoms with Gasteiger partial charge in [0.05, 0.1) is 19.0 Å². The molecule has 0 aromatic heterocycles. The number of para-hydroxylation sites is 1. The zero-order chi connectivity index (χ0) is 15.1. The minimum absolute atomic E-state index is 0.193. The van der Waals surface area contributed by atoms with E-state index in [1.165, 1.54) is 7.05 Å². The summed E-state index contributed by atoms with van der Waals surface area (Å²) in [5.74, 6) is -2.13. The number of nitrogens with one attached hydrogen (secondary N) is 1. The lowest BCUT2D eigenvalue weighted by molar-refractivity contribution is -0.141. The third-order valence-corrected chi connectivity index (χ3v) is 2.53. The molecule has 0 saturated heterocycles. The fraction of sp³-hybridized carbons (Fsp3) is 0.308. The van der Waals surface area contributed by atoms with Crippen molar-refractivity contribution in [1.82, 2.24) is 4.90 Å². The van der Waals surface area contributed by atoms with E-state index in [0.717, 1.165) is 4.90 Å². The third kappa shape index (κ3) is 5.07. The van der Waals surface area contributed by atoms with E-state index in [-0.39, 0.29) is 12.5 Å². The molecular weight excluding hydrogens is 262 g/mol. The molecule has 0 spiro atoms. The van der Waals surface area contributed by atoms with Crippen LogP contribution in [0, 0.1) is 0 Å². The van der Waals surface area contributed by atoms with Gasteiger partial charge in [-0.1, -0.05) is 18.2 Å². The first-order valence-electron chi connectivity index (χ1n) is 5.97. The van der Waals surface area contributed by atoms with E-state index in [1.807, 2.05) is 6.07 Å². The Morgan fingerprint density at radius 2 is 1.90 bits per heavy atom. The molecule has 0 aliphatic heterocycles. The molecule has 108 valence electrons. The van der Waals surface area contributed by atoms with Crippen LogP contribution >= 0.6 is 0 Å². The number of hydrogen-bond donors (Lipinski definition) is 3. The van der Waals surface area contributed by atoms with Crippen molar-refractivity contribution in [1.29, 1.82) is 0 Å². The lowest BCUT2D eigenvalue weighted by Crippen LogP contribution is -2.45. The number of hydrogen-bond acceptors (Lipinski definition) is 4. The second-order valence-corrected chi connectivity index (χ2v) is 4.31. The molecule has 1 aromatic carbocycles. The summed E-state index contributed by atoms with van der Waals surface area (Å²) in [5.41, 5.74) is 6.06. The molecule has 7 heteroatoms. The number of carboxylic acids is 1. The minimum Gasteiger partial charge on any atom is -0.481 e. The summed E-state index contributed by atoms with van der Waals surface area (Å²) in [4.78, 5) is 35.0. The van der Waals surface area contributed by atoms with Crippen molar-refractivity contribution in [3.05, 3.63) is 30.3 Å². The molecule has 0 saturated carbocycles. The van der Waals surface area contributed by atoms with Gasteiger partial charge in [0.2, 0.25) is 11.8 Å². The molecule has 0 fully saturated rings. The molecule has 1 atom stereocenters. The van der Waals surface area contributed by atoms with E-state index in [4.69, 9.17) is 10.8 Å². The number of nitrogens with zero attached hydrogens (tertiary/aromatic N) is 1. The summed E-state index contributed by atoms with van der Waals surface area (Å²) in [5, 5.41) is 11.2. The molecule has 0 bridgehead atoms. The van der Waals surface area contributed by atoms with Gasteiger partial charge in [-0.3, -0.25) is 14.4 Å². The molecule has 1 rings (SSSR count). The van der Waals surface area contributed by atoms with Gasteiger partial charge in [-0.25, -0.2) is 0 Å². The first-order chi connectivity index (χ1) is 9.40. The Labute approximate surface area is 116 Å². The predicted octanol–water partition coefficient (Wildman–Crippen LogP) is -0.114. The number of carboxylic acid groups (broad SMARTS) is 1. The zero-order valence-corrected chi connectivity index (χ0v) is 11.1. The molecule has 0 radical (unpaired) electrons. The summed E-state index contributed by atoms with van der Waals surface area (Å²) >= 11 is 0. The van der Waals surface area contributed by atoms with E-state index in [9.17, 15) is 14.4 Å². The van der Waals surface area contributed by atoms with E-state index in [0.29, 0.717) is 5.69 Å². The van der Waals surface area contributed by atoms with Gasteiger partial charge in [-0.2, -0.15) is 0 Å². The van der Waals surface area contributed by atoms with Crippen LogP contribution in [0.25, 0.3) is 0 Å². The number of benzene rings is 1. The van der Waals surface area contributed by atoms with Gasteiger partial charge in [-0.15, -0.1) is 0 Å². The summed E-state index contributed by atoms with van der Waals surface area (Å²) in [6.07, 6.45) is -0.469. The third-order valence-electron chi connectivity index (χ3n) is 2.53. The van der Waals surface area contributed by atoms with Gasteiger partial charge in [0.25, 0.3) is 0 Å². The van der Waals surface area contributed by atoms with E-state index >= 15 is 0 Å². The normalized spacial score (nSPS) is 11.5. The first kappa shape index (κ1) is 15.6. The zero-order valence-electron chi connectivity index (χ0n) is 11.1. The number of nitrogens with two attached hydrogens (primary N) is 1. The molecule has 1 aromatic rings. The van der Waals surface area contributed by atoms with Crippen molar-refractivity contribution in [2.24, 2.45) is 5.73 Å². The summed E-state index contributed by atoms with van der Waals surface area (Å²) in [6.45, 7) is -0.193. The number of amides is 2. The molecule has 20 heavy (non-hydrogen) atoms. The Balaban J connectivity index is 2.49. The maximum Gasteiger partial charge on any atom is 0.305 e.